The highest BCUT2D eigenvalue weighted by Gasteiger charge is 2.36. The Morgan fingerprint density at radius 3 is 2.58 bits per heavy atom. The largest absolute Gasteiger partial charge is 0.481 e. The van der Waals surface area contributed by atoms with Gasteiger partial charge in [0.25, 0.3) is 11.7 Å². The van der Waals surface area contributed by atoms with E-state index in [2.05, 4.69) is 20.6 Å². The molecule has 0 fully saturated rings. The van der Waals surface area contributed by atoms with Crippen LogP contribution in [0, 0.1) is 5.92 Å². The molecule has 1 aliphatic rings. The summed E-state index contributed by atoms with van der Waals surface area (Å²) in [7, 11) is 0. The summed E-state index contributed by atoms with van der Waals surface area (Å²) in [6, 6.07) is 7.13. The van der Waals surface area contributed by atoms with Gasteiger partial charge in [0.1, 0.15) is 12.6 Å². The van der Waals surface area contributed by atoms with Crippen molar-refractivity contribution in [3.05, 3.63) is 41.4 Å². The summed E-state index contributed by atoms with van der Waals surface area (Å²) >= 11 is 0. The molecule has 1 aliphatic heterocycles. The molecular formula is C21H25N5O7. The van der Waals surface area contributed by atoms with Crippen molar-refractivity contribution in [2.45, 2.75) is 51.5 Å². The molecule has 0 bridgehead atoms. The number of hydrogen-bond donors (Lipinski definition) is 3. The fourth-order valence-electron chi connectivity index (χ4n) is 3.06. The molecule has 0 aromatic heterocycles. The second-order valence-electron chi connectivity index (χ2n) is 7.61. The normalized spacial score (nSPS) is 16.5. The summed E-state index contributed by atoms with van der Waals surface area (Å²) in [5, 5.41) is 17.8. The van der Waals surface area contributed by atoms with E-state index in [1.807, 2.05) is 44.2 Å². The van der Waals surface area contributed by atoms with E-state index in [4.69, 9.17) is 20.2 Å². The first kappa shape index (κ1) is 25.2. The second kappa shape index (κ2) is 12.1. The average Bonchev–Trinajstić information content (AvgIpc) is 3.26. The number of carbonyl (C=O) groups is 4. The number of ketones is 1. The van der Waals surface area contributed by atoms with Crippen LogP contribution in [0.15, 0.2) is 35.5 Å². The van der Waals surface area contributed by atoms with Crippen LogP contribution < -0.4 is 10.6 Å². The van der Waals surface area contributed by atoms with Crippen molar-refractivity contribution in [2.24, 2.45) is 11.1 Å². The highest BCUT2D eigenvalue weighted by Crippen LogP contribution is 2.18. The number of Topliss-reactive ketones (excluding diaryl/α,β-unsaturated/α-hetero) is 1. The third-order valence-corrected chi connectivity index (χ3v) is 4.72. The van der Waals surface area contributed by atoms with E-state index in [0.717, 1.165) is 5.56 Å². The molecule has 0 aliphatic carbocycles. The number of oxime groups is 1. The molecule has 1 aromatic carbocycles. The van der Waals surface area contributed by atoms with Crippen LogP contribution in [0.2, 0.25) is 0 Å². The molecule has 176 valence electrons. The summed E-state index contributed by atoms with van der Waals surface area (Å²) in [5.41, 5.74) is 9.70. The van der Waals surface area contributed by atoms with Gasteiger partial charge in [-0.2, -0.15) is 4.79 Å². The van der Waals surface area contributed by atoms with E-state index < -0.39 is 48.4 Å². The van der Waals surface area contributed by atoms with Crippen molar-refractivity contribution < 1.29 is 38.6 Å². The number of carboxylic acid groups (broad SMARTS) is 1. The van der Waals surface area contributed by atoms with Crippen molar-refractivity contribution in [1.29, 1.82) is 0 Å². The van der Waals surface area contributed by atoms with Gasteiger partial charge >= 0.3 is 18.3 Å². The lowest BCUT2D eigenvalue weighted by molar-refractivity contribution is -0.140. The summed E-state index contributed by atoms with van der Waals surface area (Å²) in [6.07, 6.45) is -1.98. The minimum Gasteiger partial charge on any atom is -0.481 e. The predicted octanol–water partition coefficient (Wildman–Crippen LogP) is 0.911. The highest BCUT2D eigenvalue weighted by molar-refractivity contribution is 6.28. The lowest BCUT2D eigenvalue weighted by Gasteiger charge is -2.21. The molecule has 0 saturated heterocycles. The van der Waals surface area contributed by atoms with Crippen LogP contribution in [0.3, 0.4) is 0 Å². The molecule has 0 radical (unpaired) electrons. The van der Waals surface area contributed by atoms with Gasteiger partial charge in [0.2, 0.25) is 6.10 Å². The zero-order valence-electron chi connectivity index (χ0n) is 18.1. The second-order valence-corrected chi connectivity index (χ2v) is 7.61. The Balaban J connectivity index is 1.95. The van der Waals surface area contributed by atoms with E-state index in [0.29, 0.717) is 11.9 Å². The van der Waals surface area contributed by atoms with Gasteiger partial charge in [0, 0.05) is 6.42 Å². The van der Waals surface area contributed by atoms with Crippen LogP contribution in [-0.2, 0) is 30.6 Å². The number of amides is 2. The van der Waals surface area contributed by atoms with Crippen molar-refractivity contribution >= 4 is 35.7 Å². The fraction of sp³-hybridized carbons (Fsp3) is 0.429. The molecule has 33 heavy (non-hydrogen) atoms. The lowest BCUT2D eigenvalue weighted by Crippen LogP contribution is -2.48. The van der Waals surface area contributed by atoms with Crippen LogP contribution in [0.25, 0.3) is 5.53 Å². The Kier molecular flexibility index (Phi) is 9.25. The van der Waals surface area contributed by atoms with Crippen LogP contribution in [0.5, 0.6) is 0 Å². The van der Waals surface area contributed by atoms with Crippen LogP contribution in [0.4, 0.5) is 4.79 Å². The first-order valence-electron chi connectivity index (χ1n) is 10.1. The molecule has 0 saturated carbocycles. The van der Waals surface area contributed by atoms with Gasteiger partial charge in [-0.15, -0.1) is 0 Å². The van der Waals surface area contributed by atoms with E-state index in [-0.39, 0.29) is 18.9 Å². The zero-order chi connectivity index (χ0) is 24.4. The maximum Gasteiger partial charge on any atom is 0.408 e. The first-order chi connectivity index (χ1) is 15.7. The number of carboxylic acids is 1. The lowest BCUT2D eigenvalue weighted by atomic mass is 9.95. The average molecular weight is 459 g/mol. The standard InChI is InChI=1S/C21H25N5O7/c1-12(2)19(25-21(31)32-11-13-6-4-3-5-7-13)15-8-17(33-26-15)20(30)24-14(9-18(28)29)16(27)10-23-22/h3-7,10,12,14,17,19H,8-9,11H2,1-2H3,(H,24,30)(H,25,31)(H,28,29)/t14-,17?,19-/m0/s1. The summed E-state index contributed by atoms with van der Waals surface area (Å²) in [5.74, 6) is -3.10. The molecule has 12 nitrogen and oxygen atoms in total. The molecule has 1 aromatic rings. The molecule has 2 rings (SSSR count). The maximum atomic E-state index is 12.5. The maximum absolute atomic E-state index is 12.5. The monoisotopic (exact) mass is 459 g/mol. The van der Waals surface area contributed by atoms with Crippen molar-refractivity contribution in [2.75, 3.05) is 0 Å². The van der Waals surface area contributed by atoms with Gasteiger partial charge in [-0.05, 0) is 11.5 Å². The third kappa shape index (κ3) is 7.86. The first-order valence-corrected chi connectivity index (χ1v) is 10.1. The summed E-state index contributed by atoms with van der Waals surface area (Å²) < 4.78 is 5.23. The van der Waals surface area contributed by atoms with Gasteiger partial charge in [-0.25, -0.2) is 4.79 Å². The minimum atomic E-state index is -1.44. The zero-order valence-corrected chi connectivity index (χ0v) is 18.1. The van der Waals surface area contributed by atoms with Gasteiger partial charge in [0.05, 0.1) is 18.2 Å². The summed E-state index contributed by atoms with van der Waals surface area (Å²) in [4.78, 5) is 55.3. The number of aliphatic carboxylic acids is 1. The SMILES string of the molecule is CC(C)[C@H](NC(=O)OCc1ccccc1)C1=NOC(C(=O)N[C@@H](CC(=O)O)C(=O)C=[N+]=[N-])C1. The number of nitrogens with one attached hydrogen (secondary N) is 2. The molecule has 3 atom stereocenters. The van der Waals surface area contributed by atoms with Gasteiger partial charge in [0.15, 0.2) is 0 Å². The Morgan fingerprint density at radius 2 is 1.97 bits per heavy atom. The summed E-state index contributed by atoms with van der Waals surface area (Å²) in [6.45, 7) is 3.77. The molecule has 1 unspecified atom stereocenters. The van der Waals surface area contributed by atoms with Gasteiger partial charge in [-0.1, -0.05) is 49.3 Å². The number of nitrogens with zero attached hydrogens (tertiary/aromatic N) is 3. The third-order valence-electron chi connectivity index (χ3n) is 4.72. The van der Waals surface area contributed by atoms with Crippen LogP contribution in [0.1, 0.15) is 32.3 Å². The molecule has 2 amide bonds. The van der Waals surface area contributed by atoms with Crippen molar-refractivity contribution in [1.82, 2.24) is 10.6 Å². The molecular weight excluding hydrogens is 434 g/mol. The highest BCUT2D eigenvalue weighted by atomic mass is 16.6. The number of ether oxygens (including phenoxy) is 1. The number of rotatable bonds is 11. The van der Waals surface area contributed by atoms with E-state index >= 15 is 0 Å². The Morgan fingerprint density at radius 1 is 1.27 bits per heavy atom. The number of alkyl carbamates (subject to hydrolysis) is 1. The number of carbonyl (C=O) groups excluding carboxylic acids is 3. The Labute approximate surface area is 189 Å². The van der Waals surface area contributed by atoms with Gasteiger partial charge in [-0.3, -0.25) is 14.4 Å². The predicted molar refractivity (Wildman–Crippen MR) is 114 cm³/mol. The van der Waals surface area contributed by atoms with Crippen LogP contribution in [-0.4, -0.2) is 63.8 Å². The molecule has 3 N–H and O–H groups in total. The Bertz CT molecular complexity index is 957. The quantitative estimate of drug-likeness (QED) is 0.250. The molecule has 0 spiro atoms. The van der Waals surface area contributed by atoms with E-state index in [1.165, 1.54) is 0 Å². The topological polar surface area (TPSA) is 180 Å². The fourth-order valence-corrected chi connectivity index (χ4v) is 3.06. The number of benzene rings is 1. The minimum absolute atomic E-state index is 0.00964. The van der Waals surface area contributed by atoms with Crippen molar-refractivity contribution in [3.63, 3.8) is 0 Å². The molecule has 1 heterocycles. The number of hydrogen-bond acceptors (Lipinski definition) is 7. The molecule has 12 heteroatoms. The van der Waals surface area contributed by atoms with Crippen molar-refractivity contribution in [3.8, 4) is 0 Å². The van der Waals surface area contributed by atoms with Gasteiger partial charge < -0.3 is 30.8 Å². The van der Waals surface area contributed by atoms with Crippen LogP contribution >= 0.6 is 0 Å². The van der Waals surface area contributed by atoms with E-state index in [1.54, 1.807) is 0 Å². The Hall–Kier alpha value is -4.05. The van der Waals surface area contributed by atoms with E-state index in [9.17, 15) is 19.2 Å². The smallest absolute Gasteiger partial charge is 0.408 e.